The average molecular weight is 242 g/mol. The van der Waals surface area contributed by atoms with Gasteiger partial charge in [-0.2, -0.15) is 0 Å². The summed E-state index contributed by atoms with van der Waals surface area (Å²) >= 11 is 0. The minimum absolute atomic E-state index is 0.00158. The maximum Gasteiger partial charge on any atom is 0.141 e. The second kappa shape index (κ2) is 4.59. The maximum atomic E-state index is 12.7. The molecule has 1 aliphatic rings. The molecule has 1 fully saturated rings. The third-order valence-corrected chi connectivity index (χ3v) is 4.89. The molecule has 0 aliphatic carbocycles. The van der Waals surface area contributed by atoms with E-state index in [1.54, 1.807) is 6.07 Å². The zero-order valence-corrected chi connectivity index (χ0v) is 10.1. The van der Waals surface area contributed by atoms with Gasteiger partial charge >= 0.3 is 0 Å². The summed E-state index contributed by atoms with van der Waals surface area (Å²) in [5, 5.41) is 3.47. The van der Waals surface area contributed by atoms with Gasteiger partial charge in [0.05, 0.1) is 23.2 Å². The molecule has 16 heavy (non-hydrogen) atoms. The lowest BCUT2D eigenvalue weighted by Crippen LogP contribution is -2.46. The predicted octanol–water partition coefficient (Wildman–Crippen LogP) is 1.39. The van der Waals surface area contributed by atoms with Crippen molar-refractivity contribution in [1.82, 2.24) is 10.3 Å². The summed E-state index contributed by atoms with van der Waals surface area (Å²) < 4.78 is 24.7. The predicted molar refractivity (Wildman–Crippen MR) is 62.0 cm³/mol. The Hall–Kier alpha value is -0.810. The molecule has 1 saturated heterocycles. The summed E-state index contributed by atoms with van der Waals surface area (Å²) in [5.41, 5.74) is 0.758. The first-order valence-electron chi connectivity index (χ1n) is 5.34. The van der Waals surface area contributed by atoms with Crippen LogP contribution >= 0.6 is 0 Å². The summed E-state index contributed by atoms with van der Waals surface area (Å²) in [6.07, 6.45) is 1.20. The number of nitrogens with zero attached hydrogens (tertiary/aromatic N) is 1. The minimum atomic E-state index is -0.862. The highest BCUT2D eigenvalue weighted by atomic mass is 32.2. The summed E-state index contributed by atoms with van der Waals surface area (Å²) in [6, 6.07) is 2.99. The van der Waals surface area contributed by atoms with E-state index in [0.29, 0.717) is 6.54 Å². The van der Waals surface area contributed by atoms with E-state index in [0.717, 1.165) is 5.69 Å². The number of rotatable bonds is 1. The Morgan fingerprint density at radius 3 is 2.88 bits per heavy atom. The SMILES string of the molecule is CC1CNC(c2ccc(F)cn2)C(C)S1=O. The van der Waals surface area contributed by atoms with Gasteiger partial charge in [-0.05, 0) is 26.0 Å². The van der Waals surface area contributed by atoms with Crippen LogP contribution in [0, 0.1) is 5.82 Å². The van der Waals surface area contributed by atoms with Crippen molar-refractivity contribution >= 4 is 10.8 Å². The van der Waals surface area contributed by atoms with Gasteiger partial charge < -0.3 is 5.32 Å². The summed E-state index contributed by atoms with van der Waals surface area (Å²) in [4.78, 5) is 4.04. The number of nitrogens with one attached hydrogen (secondary N) is 1. The van der Waals surface area contributed by atoms with Crippen LogP contribution in [0.5, 0.6) is 0 Å². The van der Waals surface area contributed by atoms with Crippen molar-refractivity contribution < 1.29 is 8.60 Å². The Morgan fingerprint density at radius 2 is 2.25 bits per heavy atom. The van der Waals surface area contributed by atoms with Gasteiger partial charge in [0.2, 0.25) is 0 Å². The molecule has 0 radical (unpaired) electrons. The average Bonchev–Trinajstić information content (AvgIpc) is 2.28. The van der Waals surface area contributed by atoms with Crippen molar-refractivity contribution in [2.75, 3.05) is 6.54 Å². The lowest BCUT2D eigenvalue weighted by atomic mass is 10.1. The largest absolute Gasteiger partial charge is 0.306 e. The highest BCUT2D eigenvalue weighted by Crippen LogP contribution is 2.24. The van der Waals surface area contributed by atoms with Gasteiger partial charge in [-0.1, -0.05) is 0 Å². The van der Waals surface area contributed by atoms with Crippen molar-refractivity contribution in [2.24, 2.45) is 0 Å². The minimum Gasteiger partial charge on any atom is -0.306 e. The van der Waals surface area contributed by atoms with Gasteiger partial charge in [-0.25, -0.2) is 4.39 Å². The van der Waals surface area contributed by atoms with E-state index in [1.807, 2.05) is 13.8 Å². The van der Waals surface area contributed by atoms with Gasteiger partial charge in [-0.3, -0.25) is 9.19 Å². The molecule has 5 heteroatoms. The molecule has 0 saturated carbocycles. The summed E-state index contributed by atoms with van der Waals surface area (Å²) in [6.45, 7) is 4.61. The first kappa shape index (κ1) is 11.7. The van der Waals surface area contributed by atoms with Crippen LogP contribution in [0.15, 0.2) is 18.3 Å². The molecule has 1 aliphatic heterocycles. The second-order valence-corrected chi connectivity index (χ2v) is 6.34. The number of hydrogen-bond acceptors (Lipinski definition) is 3. The van der Waals surface area contributed by atoms with Crippen LogP contribution in [-0.4, -0.2) is 26.2 Å². The van der Waals surface area contributed by atoms with Gasteiger partial charge in [-0.15, -0.1) is 0 Å². The summed E-state index contributed by atoms with van der Waals surface area (Å²) in [5.74, 6) is -0.346. The molecule has 1 N–H and O–H groups in total. The summed E-state index contributed by atoms with van der Waals surface area (Å²) in [7, 11) is -0.862. The first-order valence-corrected chi connectivity index (χ1v) is 6.61. The topological polar surface area (TPSA) is 42.0 Å². The maximum absolute atomic E-state index is 12.7. The van der Waals surface area contributed by atoms with Crippen molar-refractivity contribution in [3.8, 4) is 0 Å². The van der Waals surface area contributed by atoms with Crippen molar-refractivity contribution in [1.29, 1.82) is 0 Å². The van der Waals surface area contributed by atoms with E-state index in [2.05, 4.69) is 10.3 Å². The number of pyridine rings is 1. The van der Waals surface area contributed by atoms with Crippen LogP contribution in [-0.2, 0) is 10.8 Å². The van der Waals surface area contributed by atoms with Crippen LogP contribution in [0.3, 0.4) is 0 Å². The first-order chi connectivity index (χ1) is 7.59. The molecule has 4 unspecified atom stereocenters. The number of hydrogen-bond donors (Lipinski definition) is 1. The zero-order chi connectivity index (χ0) is 11.7. The van der Waals surface area contributed by atoms with E-state index in [9.17, 15) is 8.60 Å². The second-order valence-electron chi connectivity index (χ2n) is 4.13. The molecule has 88 valence electrons. The molecule has 1 aromatic heterocycles. The van der Waals surface area contributed by atoms with E-state index in [4.69, 9.17) is 0 Å². The van der Waals surface area contributed by atoms with E-state index in [1.165, 1.54) is 12.3 Å². The van der Waals surface area contributed by atoms with Crippen molar-refractivity contribution in [3.05, 3.63) is 29.8 Å². The molecule has 1 aromatic rings. The Balaban J connectivity index is 2.21. The van der Waals surface area contributed by atoms with E-state index < -0.39 is 10.8 Å². The van der Waals surface area contributed by atoms with Crippen LogP contribution in [0.1, 0.15) is 25.6 Å². The Kier molecular flexibility index (Phi) is 3.35. The number of aromatic nitrogens is 1. The zero-order valence-electron chi connectivity index (χ0n) is 9.31. The molecule has 3 nitrogen and oxygen atoms in total. The molecular weight excluding hydrogens is 227 g/mol. The van der Waals surface area contributed by atoms with E-state index in [-0.39, 0.29) is 22.4 Å². The molecule has 0 spiro atoms. The third kappa shape index (κ3) is 2.15. The molecule has 2 rings (SSSR count). The molecule has 0 aromatic carbocycles. The Labute approximate surface area is 96.9 Å². The van der Waals surface area contributed by atoms with Crippen LogP contribution < -0.4 is 5.32 Å². The lowest BCUT2D eigenvalue weighted by molar-refractivity contribution is 0.478. The molecular formula is C11H15FN2OS. The monoisotopic (exact) mass is 242 g/mol. The quantitative estimate of drug-likeness (QED) is 0.809. The fraction of sp³-hybridized carbons (Fsp3) is 0.545. The van der Waals surface area contributed by atoms with Gasteiger partial charge in [0.1, 0.15) is 5.82 Å². The van der Waals surface area contributed by atoms with Crippen LogP contribution in [0.2, 0.25) is 0 Å². The van der Waals surface area contributed by atoms with Crippen LogP contribution in [0.4, 0.5) is 4.39 Å². The molecule has 0 amide bonds. The lowest BCUT2D eigenvalue weighted by Gasteiger charge is -2.32. The molecule has 4 atom stereocenters. The molecule has 0 bridgehead atoms. The number of halogens is 1. The smallest absolute Gasteiger partial charge is 0.141 e. The van der Waals surface area contributed by atoms with Gasteiger partial charge in [0, 0.05) is 22.6 Å². The highest BCUT2D eigenvalue weighted by molar-refractivity contribution is 7.86. The van der Waals surface area contributed by atoms with Gasteiger partial charge in [0.25, 0.3) is 0 Å². The van der Waals surface area contributed by atoms with Crippen molar-refractivity contribution in [3.63, 3.8) is 0 Å². The Bertz CT molecular complexity index is 395. The third-order valence-electron chi connectivity index (χ3n) is 2.93. The standard InChI is InChI=1S/C11H15FN2OS/c1-7-5-14-11(8(2)16(7)15)10-4-3-9(12)6-13-10/h3-4,6-8,11,14H,5H2,1-2H3. The molecule has 2 heterocycles. The van der Waals surface area contributed by atoms with E-state index >= 15 is 0 Å². The normalized spacial score (nSPS) is 34.9. The highest BCUT2D eigenvalue weighted by Gasteiger charge is 2.32. The van der Waals surface area contributed by atoms with Crippen molar-refractivity contribution in [2.45, 2.75) is 30.4 Å². The fourth-order valence-electron chi connectivity index (χ4n) is 1.96. The van der Waals surface area contributed by atoms with Gasteiger partial charge in [0.15, 0.2) is 0 Å². The Morgan fingerprint density at radius 1 is 1.50 bits per heavy atom. The van der Waals surface area contributed by atoms with Crippen LogP contribution in [0.25, 0.3) is 0 Å². The fourth-order valence-corrected chi connectivity index (χ4v) is 3.46.